The fourth-order valence-electron chi connectivity index (χ4n) is 4.68. The van der Waals surface area contributed by atoms with E-state index in [4.69, 9.17) is 0 Å². The number of aliphatic hydroxyl groups is 1. The summed E-state index contributed by atoms with van der Waals surface area (Å²) >= 11 is 0.526. The number of anilines is 1. The Labute approximate surface area is 232 Å². The molecule has 8 nitrogen and oxygen atoms in total. The molecule has 220 valence electrons. The molecule has 40 heavy (non-hydrogen) atoms. The summed E-state index contributed by atoms with van der Waals surface area (Å²) in [7, 11) is 0. The topological polar surface area (TPSA) is 107 Å². The molecular formula is C26H32F5N5O3S. The van der Waals surface area contributed by atoms with E-state index < -0.39 is 71.4 Å². The fraction of sp³-hybridized carbons (Fsp3) is 0.615. The van der Waals surface area contributed by atoms with E-state index in [9.17, 15) is 36.6 Å². The second kappa shape index (κ2) is 10.2. The summed E-state index contributed by atoms with van der Waals surface area (Å²) in [5.74, 6) is -5.02. The molecule has 0 unspecified atom stereocenters. The maximum absolute atomic E-state index is 14.3. The van der Waals surface area contributed by atoms with Gasteiger partial charge in [0.2, 0.25) is 0 Å². The summed E-state index contributed by atoms with van der Waals surface area (Å²) in [5, 5.41) is 15.4. The Hall–Kier alpha value is -2.87. The highest BCUT2D eigenvalue weighted by Crippen LogP contribution is 2.43. The fourth-order valence-corrected chi connectivity index (χ4v) is 5.66. The van der Waals surface area contributed by atoms with E-state index in [1.165, 1.54) is 27.7 Å². The van der Waals surface area contributed by atoms with E-state index in [0.29, 0.717) is 11.3 Å². The van der Waals surface area contributed by atoms with Gasteiger partial charge < -0.3 is 20.6 Å². The largest absolute Gasteiger partial charge is 0.417 e. The number of amides is 2. The van der Waals surface area contributed by atoms with Gasteiger partial charge in [0, 0.05) is 29.8 Å². The van der Waals surface area contributed by atoms with Gasteiger partial charge in [-0.1, -0.05) is 0 Å². The molecule has 0 radical (unpaired) electrons. The molecule has 1 aliphatic carbocycles. The van der Waals surface area contributed by atoms with Crippen LogP contribution in [-0.2, 0) is 6.18 Å². The average molecular weight is 590 g/mol. The van der Waals surface area contributed by atoms with Gasteiger partial charge in [-0.15, -0.1) is 11.3 Å². The van der Waals surface area contributed by atoms with Crippen molar-refractivity contribution in [3.05, 3.63) is 28.5 Å². The third kappa shape index (κ3) is 6.22. The highest BCUT2D eigenvalue weighted by atomic mass is 32.1. The summed E-state index contributed by atoms with van der Waals surface area (Å²) in [4.78, 5) is 35.2. The minimum absolute atomic E-state index is 0.000410. The standard InChI is InChI=1S/C26H32F5N5O3S/c1-13-10-25(27,28)12-36(13)22(38)18-19(40-21(34-18)20(37)33-14(2)23(3,4)39)15-11-32-17(9-16(15)26(29,30)31)35-24(5)7-6-8-24/h9,11,13-14,39H,6-8,10,12H2,1-5H3,(H,32,35)(H,33,37)/t13-,14-/m0/s1. The first-order valence-corrected chi connectivity index (χ1v) is 13.7. The zero-order valence-corrected chi connectivity index (χ0v) is 23.6. The summed E-state index contributed by atoms with van der Waals surface area (Å²) < 4.78 is 71.2. The lowest BCUT2D eigenvalue weighted by atomic mass is 9.78. The molecule has 1 saturated heterocycles. The molecule has 0 bridgehead atoms. The summed E-state index contributed by atoms with van der Waals surface area (Å²) in [6.07, 6.45) is -2.04. The number of aromatic nitrogens is 2. The molecule has 1 aliphatic heterocycles. The van der Waals surface area contributed by atoms with Crippen molar-refractivity contribution >= 4 is 29.0 Å². The van der Waals surface area contributed by atoms with E-state index in [0.717, 1.165) is 36.4 Å². The number of alkyl halides is 5. The van der Waals surface area contributed by atoms with E-state index in [-0.39, 0.29) is 21.2 Å². The molecule has 4 rings (SSSR count). The van der Waals surface area contributed by atoms with Gasteiger partial charge in [-0.05, 0) is 59.9 Å². The van der Waals surface area contributed by atoms with Crippen molar-refractivity contribution in [1.29, 1.82) is 0 Å². The molecule has 2 aromatic heterocycles. The second-order valence-electron chi connectivity index (χ2n) is 11.5. The van der Waals surface area contributed by atoms with E-state index in [1.54, 1.807) is 0 Å². The predicted molar refractivity (Wildman–Crippen MR) is 140 cm³/mol. The quantitative estimate of drug-likeness (QED) is 0.377. The second-order valence-corrected chi connectivity index (χ2v) is 12.5. The third-order valence-electron chi connectivity index (χ3n) is 7.56. The molecule has 2 fully saturated rings. The average Bonchev–Trinajstić information content (AvgIpc) is 3.36. The minimum Gasteiger partial charge on any atom is -0.388 e. The van der Waals surface area contributed by atoms with E-state index in [2.05, 4.69) is 20.6 Å². The SMILES string of the molecule is C[C@H](NC(=O)c1nc(C(=O)N2CC(F)(F)C[C@@H]2C)c(-c2cnc(NC3(C)CCC3)cc2C(F)(F)F)s1)C(C)(C)O. The van der Waals surface area contributed by atoms with Gasteiger partial charge in [0.1, 0.15) is 11.5 Å². The summed E-state index contributed by atoms with van der Waals surface area (Å²) in [6.45, 7) is 6.80. The van der Waals surface area contributed by atoms with Crippen LogP contribution in [-0.4, -0.2) is 67.5 Å². The third-order valence-corrected chi connectivity index (χ3v) is 8.65. The van der Waals surface area contributed by atoms with Crippen molar-refractivity contribution in [3.8, 4) is 10.4 Å². The van der Waals surface area contributed by atoms with Gasteiger partial charge in [0.05, 0.1) is 28.6 Å². The van der Waals surface area contributed by atoms with Crippen molar-refractivity contribution in [1.82, 2.24) is 20.2 Å². The number of nitrogens with zero attached hydrogens (tertiary/aromatic N) is 3. The minimum atomic E-state index is -4.87. The van der Waals surface area contributed by atoms with Gasteiger partial charge in [-0.3, -0.25) is 9.59 Å². The molecule has 2 atom stereocenters. The highest BCUT2D eigenvalue weighted by Gasteiger charge is 2.47. The first kappa shape index (κ1) is 30.1. The number of pyridine rings is 1. The van der Waals surface area contributed by atoms with Crippen LogP contribution >= 0.6 is 11.3 Å². The Morgan fingerprint density at radius 2 is 1.90 bits per heavy atom. The van der Waals surface area contributed by atoms with Crippen molar-refractivity contribution in [2.45, 2.75) is 95.6 Å². The number of halogens is 5. The lowest BCUT2D eigenvalue weighted by Gasteiger charge is -2.39. The Bertz CT molecular complexity index is 1300. The summed E-state index contributed by atoms with van der Waals surface area (Å²) in [5.41, 5.74) is -3.87. The molecule has 2 aliphatic rings. The van der Waals surface area contributed by atoms with Crippen LogP contribution in [0, 0.1) is 0 Å². The lowest BCUT2D eigenvalue weighted by molar-refractivity contribution is -0.137. The first-order chi connectivity index (χ1) is 18.3. The van der Waals surface area contributed by atoms with Crippen molar-refractivity contribution in [2.75, 3.05) is 11.9 Å². The van der Waals surface area contributed by atoms with Crippen LogP contribution in [0.3, 0.4) is 0 Å². The van der Waals surface area contributed by atoms with Gasteiger partial charge in [0.15, 0.2) is 5.01 Å². The molecular weight excluding hydrogens is 557 g/mol. The van der Waals surface area contributed by atoms with Crippen molar-refractivity contribution in [2.24, 2.45) is 0 Å². The number of likely N-dealkylation sites (tertiary alicyclic amines) is 1. The molecule has 2 amide bonds. The Balaban J connectivity index is 1.81. The molecule has 14 heteroatoms. The number of rotatable bonds is 7. The number of thiazole rings is 1. The zero-order chi connectivity index (χ0) is 29.8. The van der Waals surface area contributed by atoms with Crippen LogP contribution in [0.2, 0.25) is 0 Å². The summed E-state index contributed by atoms with van der Waals surface area (Å²) in [6, 6.07) is -0.843. The zero-order valence-electron chi connectivity index (χ0n) is 22.7. The molecule has 3 heterocycles. The molecule has 0 aromatic carbocycles. The van der Waals surface area contributed by atoms with E-state index in [1.807, 2.05) is 6.92 Å². The van der Waals surface area contributed by atoms with Gasteiger partial charge in [0.25, 0.3) is 17.7 Å². The number of nitrogens with one attached hydrogen (secondary N) is 2. The molecule has 0 spiro atoms. The number of carbonyl (C=O) groups excluding carboxylic acids is 2. The van der Waals surface area contributed by atoms with Crippen LogP contribution in [0.25, 0.3) is 10.4 Å². The molecule has 2 aromatic rings. The smallest absolute Gasteiger partial charge is 0.388 e. The first-order valence-electron chi connectivity index (χ1n) is 12.9. The van der Waals surface area contributed by atoms with Crippen LogP contribution in [0.1, 0.15) is 86.2 Å². The van der Waals surface area contributed by atoms with Gasteiger partial charge in [-0.2, -0.15) is 13.2 Å². The number of carbonyl (C=O) groups is 2. The Morgan fingerprint density at radius 3 is 2.40 bits per heavy atom. The van der Waals surface area contributed by atoms with Crippen LogP contribution in [0.4, 0.5) is 27.8 Å². The van der Waals surface area contributed by atoms with Crippen molar-refractivity contribution in [3.63, 3.8) is 0 Å². The van der Waals surface area contributed by atoms with Crippen molar-refractivity contribution < 1.29 is 36.6 Å². The monoisotopic (exact) mass is 589 g/mol. The van der Waals surface area contributed by atoms with E-state index >= 15 is 0 Å². The maximum Gasteiger partial charge on any atom is 0.417 e. The van der Waals surface area contributed by atoms with Gasteiger partial charge >= 0.3 is 6.18 Å². The Morgan fingerprint density at radius 1 is 1.25 bits per heavy atom. The predicted octanol–water partition coefficient (Wildman–Crippen LogP) is 5.34. The number of hydrogen-bond acceptors (Lipinski definition) is 7. The highest BCUT2D eigenvalue weighted by molar-refractivity contribution is 7.17. The van der Waals surface area contributed by atoms with Crippen LogP contribution < -0.4 is 10.6 Å². The normalized spacial score (nSPS) is 21.1. The molecule has 3 N–H and O–H groups in total. The maximum atomic E-state index is 14.3. The molecule has 1 saturated carbocycles. The number of hydrogen-bond donors (Lipinski definition) is 3. The van der Waals surface area contributed by atoms with Gasteiger partial charge in [-0.25, -0.2) is 18.7 Å². The Kier molecular flexibility index (Phi) is 7.67. The van der Waals surface area contributed by atoms with Crippen LogP contribution in [0.5, 0.6) is 0 Å². The lowest BCUT2D eigenvalue weighted by Crippen LogP contribution is -2.47. The van der Waals surface area contributed by atoms with Crippen LogP contribution in [0.15, 0.2) is 12.3 Å².